The van der Waals surface area contributed by atoms with Crippen LogP contribution in [0.25, 0.3) is 0 Å². The number of benzene rings is 1. The van der Waals surface area contributed by atoms with Gasteiger partial charge in [-0.05, 0) is 24.3 Å². The molecule has 1 aromatic heterocycles. The number of rotatable bonds is 3. The first-order chi connectivity index (χ1) is 11.0. The Labute approximate surface area is 129 Å². The summed E-state index contributed by atoms with van der Waals surface area (Å²) in [4.78, 5) is 37.5. The molecule has 0 saturated carbocycles. The Bertz CT molecular complexity index is 803. The minimum Gasteiger partial charge on any atom is -0.480 e. The zero-order chi connectivity index (χ0) is 16.4. The number of hydrogen-bond donors (Lipinski definition) is 2. The maximum Gasteiger partial charge on any atom is 0.269 e. The molecule has 9 heteroatoms. The average molecular weight is 314 g/mol. The number of carbonyl (C=O) groups excluding carboxylic acids is 2. The van der Waals surface area contributed by atoms with E-state index in [1.807, 2.05) is 0 Å². The second-order valence-electron chi connectivity index (χ2n) is 4.64. The van der Waals surface area contributed by atoms with E-state index in [2.05, 4.69) is 15.6 Å². The number of anilines is 2. The Hall–Kier alpha value is -3.49. The van der Waals surface area contributed by atoms with Gasteiger partial charge in [-0.25, -0.2) is 4.98 Å². The van der Waals surface area contributed by atoms with E-state index in [1.54, 1.807) is 6.07 Å². The maximum atomic E-state index is 12.1. The highest BCUT2D eigenvalue weighted by Crippen LogP contribution is 2.27. The highest BCUT2D eigenvalue weighted by molar-refractivity contribution is 6.04. The number of nitrogens with zero attached hydrogens (tertiary/aromatic N) is 2. The molecule has 0 aliphatic carbocycles. The Balaban J connectivity index is 1.76. The molecule has 23 heavy (non-hydrogen) atoms. The van der Waals surface area contributed by atoms with Crippen molar-refractivity contribution in [3.63, 3.8) is 0 Å². The predicted octanol–water partition coefficient (Wildman–Crippen LogP) is 1.57. The summed E-state index contributed by atoms with van der Waals surface area (Å²) in [7, 11) is 0. The van der Waals surface area contributed by atoms with Crippen LogP contribution in [0.2, 0.25) is 0 Å². The van der Waals surface area contributed by atoms with Crippen molar-refractivity contribution in [1.29, 1.82) is 0 Å². The Kier molecular flexibility index (Phi) is 3.59. The second-order valence-corrected chi connectivity index (χ2v) is 4.64. The van der Waals surface area contributed by atoms with Gasteiger partial charge in [0.05, 0.1) is 4.92 Å². The SMILES string of the molecule is O=C1COc2ccc(NC(=O)c3ccc([N+](=O)[O-])cc3)nc2N1. The van der Waals surface area contributed by atoms with Gasteiger partial charge in [-0.3, -0.25) is 19.7 Å². The van der Waals surface area contributed by atoms with E-state index in [4.69, 9.17) is 4.74 Å². The Morgan fingerprint density at radius 3 is 2.70 bits per heavy atom. The monoisotopic (exact) mass is 314 g/mol. The molecule has 2 amide bonds. The highest BCUT2D eigenvalue weighted by atomic mass is 16.6. The number of amides is 2. The molecule has 0 atom stereocenters. The fraction of sp³-hybridized carbons (Fsp3) is 0.0714. The molecule has 2 N–H and O–H groups in total. The normalized spacial score (nSPS) is 12.6. The van der Waals surface area contributed by atoms with Crippen molar-refractivity contribution < 1.29 is 19.2 Å². The van der Waals surface area contributed by atoms with Crippen molar-refractivity contribution in [3.8, 4) is 5.75 Å². The minimum absolute atomic E-state index is 0.0802. The van der Waals surface area contributed by atoms with E-state index >= 15 is 0 Å². The Morgan fingerprint density at radius 2 is 2.00 bits per heavy atom. The quantitative estimate of drug-likeness (QED) is 0.654. The first kappa shape index (κ1) is 14.4. The van der Waals surface area contributed by atoms with Gasteiger partial charge < -0.3 is 15.4 Å². The van der Waals surface area contributed by atoms with Gasteiger partial charge >= 0.3 is 0 Å². The molecule has 0 unspecified atom stereocenters. The average Bonchev–Trinajstić information content (AvgIpc) is 2.54. The van der Waals surface area contributed by atoms with Crippen LogP contribution < -0.4 is 15.4 Å². The molecule has 116 valence electrons. The topological polar surface area (TPSA) is 123 Å². The van der Waals surface area contributed by atoms with Crippen LogP contribution in [0.5, 0.6) is 5.75 Å². The van der Waals surface area contributed by atoms with Crippen LogP contribution >= 0.6 is 0 Å². The van der Waals surface area contributed by atoms with Crippen molar-refractivity contribution in [2.45, 2.75) is 0 Å². The molecule has 2 aromatic rings. The number of nitro groups is 1. The summed E-state index contributed by atoms with van der Waals surface area (Å²) in [5.41, 5.74) is 0.142. The van der Waals surface area contributed by atoms with Crippen molar-refractivity contribution in [1.82, 2.24) is 4.98 Å². The molecule has 1 aromatic carbocycles. The number of aromatic nitrogens is 1. The van der Waals surface area contributed by atoms with Crippen LogP contribution in [0.1, 0.15) is 10.4 Å². The van der Waals surface area contributed by atoms with Gasteiger partial charge in [-0.1, -0.05) is 0 Å². The van der Waals surface area contributed by atoms with Crippen molar-refractivity contribution in [2.24, 2.45) is 0 Å². The maximum absolute atomic E-state index is 12.1. The Morgan fingerprint density at radius 1 is 1.26 bits per heavy atom. The number of pyridine rings is 1. The molecule has 3 rings (SSSR count). The molecule has 0 spiro atoms. The molecule has 2 heterocycles. The molecule has 1 aliphatic heterocycles. The molecule has 9 nitrogen and oxygen atoms in total. The second kappa shape index (κ2) is 5.72. The van der Waals surface area contributed by atoms with E-state index in [0.717, 1.165) is 0 Å². The minimum atomic E-state index is -0.546. The van der Waals surface area contributed by atoms with Gasteiger partial charge in [0.1, 0.15) is 5.82 Å². The van der Waals surface area contributed by atoms with Crippen LogP contribution in [-0.2, 0) is 4.79 Å². The number of non-ortho nitro benzene ring substituents is 1. The van der Waals surface area contributed by atoms with Crippen molar-refractivity contribution in [2.75, 3.05) is 17.2 Å². The summed E-state index contributed by atoms with van der Waals surface area (Å²) in [5.74, 6) is 0.0536. The third-order valence-corrected chi connectivity index (χ3v) is 3.06. The molecule has 0 bridgehead atoms. The van der Waals surface area contributed by atoms with Gasteiger partial charge in [0.2, 0.25) is 0 Å². The van der Waals surface area contributed by atoms with Gasteiger partial charge in [0.15, 0.2) is 18.2 Å². The summed E-state index contributed by atoms with van der Waals surface area (Å²) in [6.07, 6.45) is 0. The third kappa shape index (κ3) is 3.07. The number of carbonyl (C=O) groups is 2. The fourth-order valence-corrected chi connectivity index (χ4v) is 1.96. The van der Waals surface area contributed by atoms with Crippen LogP contribution in [0.15, 0.2) is 36.4 Å². The summed E-state index contributed by atoms with van der Waals surface area (Å²) in [6, 6.07) is 8.27. The molecular weight excluding hydrogens is 304 g/mol. The van der Waals surface area contributed by atoms with Crippen LogP contribution in [0.4, 0.5) is 17.3 Å². The lowest BCUT2D eigenvalue weighted by Gasteiger charge is -2.17. The summed E-state index contributed by atoms with van der Waals surface area (Å²) in [5, 5.41) is 15.7. The number of hydrogen-bond acceptors (Lipinski definition) is 6. The lowest BCUT2D eigenvalue weighted by molar-refractivity contribution is -0.384. The molecule has 0 radical (unpaired) electrons. The van der Waals surface area contributed by atoms with Gasteiger partial charge in [0.25, 0.3) is 17.5 Å². The molecule has 0 saturated heterocycles. The van der Waals surface area contributed by atoms with Gasteiger partial charge in [-0.2, -0.15) is 0 Å². The van der Waals surface area contributed by atoms with E-state index in [0.29, 0.717) is 5.75 Å². The number of fused-ring (bicyclic) bond motifs is 1. The van der Waals surface area contributed by atoms with Crippen molar-refractivity contribution in [3.05, 3.63) is 52.1 Å². The molecule has 0 fully saturated rings. The summed E-state index contributed by atoms with van der Waals surface area (Å²) >= 11 is 0. The van der Waals surface area contributed by atoms with E-state index in [1.165, 1.54) is 30.3 Å². The van der Waals surface area contributed by atoms with E-state index in [9.17, 15) is 19.7 Å². The molecular formula is C14H10N4O5. The van der Waals surface area contributed by atoms with E-state index in [-0.39, 0.29) is 35.4 Å². The summed E-state index contributed by atoms with van der Waals surface area (Å²) < 4.78 is 5.16. The standard InChI is InChI=1S/C14H10N4O5/c19-12-7-23-10-5-6-11(15-13(10)17-12)16-14(20)8-1-3-9(4-2-8)18(21)22/h1-6H,7H2,(H2,15,16,17,19,20). The third-order valence-electron chi connectivity index (χ3n) is 3.06. The van der Waals surface area contributed by atoms with Gasteiger partial charge in [-0.15, -0.1) is 0 Å². The number of nitro benzene ring substituents is 1. The van der Waals surface area contributed by atoms with Gasteiger partial charge in [0, 0.05) is 17.7 Å². The van der Waals surface area contributed by atoms with E-state index < -0.39 is 10.8 Å². The lowest BCUT2D eigenvalue weighted by atomic mass is 10.2. The largest absolute Gasteiger partial charge is 0.480 e. The van der Waals surface area contributed by atoms with Crippen LogP contribution in [0.3, 0.4) is 0 Å². The lowest BCUT2D eigenvalue weighted by Crippen LogP contribution is -2.26. The van der Waals surface area contributed by atoms with Crippen molar-refractivity contribution >= 4 is 29.1 Å². The predicted molar refractivity (Wildman–Crippen MR) is 79.4 cm³/mol. The zero-order valence-electron chi connectivity index (χ0n) is 11.6. The first-order valence-electron chi connectivity index (χ1n) is 6.52. The number of ether oxygens (including phenoxy) is 1. The zero-order valence-corrected chi connectivity index (χ0v) is 11.6. The fourth-order valence-electron chi connectivity index (χ4n) is 1.96. The highest BCUT2D eigenvalue weighted by Gasteiger charge is 2.18. The summed E-state index contributed by atoms with van der Waals surface area (Å²) in [6.45, 7) is -0.0802. The van der Waals surface area contributed by atoms with Crippen LogP contribution in [0, 0.1) is 10.1 Å². The first-order valence-corrected chi connectivity index (χ1v) is 6.52. The molecule has 1 aliphatic rings. The number of nitrogens with one attached hydrogen (secondary N) is 2. The van der Waals surface area contributed by atoms with Crippen LogP contribution in [-0.4, -0.2) is 28.3 Å². The smallest absolute Gasteiger partial charge is 0.269 e.